The molecule has 1 fully saturated rings. The van der Waals surface area contributed by atoms with Gasteiger partial charge < -0.3 is 10.4 Å². The summed E-state index contributed by atoms with van der Waals surface area (Å²) in [6, 6.07) is 19.3. The molecule has 0 spiro atoms. The van der Waals surface area contributed by atoms with Crippen LogP contribution in [0.4, 0.5) is 17.1 Å². The lowest BCUT2D eigenvalue weighted by atomic mass is 9.95. The van der Waals surface area contributed by atoms with Crippen molar-refractivity contribution >= 4 is 40.4 Å². The van der Waals surface area contributed by atoms with Gasteiger partial charge in [0, 0.05) is 36.0 Å². The van der Waals surface area contributed by atoms with Gasteiger partial charge in [-0.3, -0.25) is 29.4 Å². The van der Waals surface area contributed by atoms with E-state index in [2.05, 4.69) is 5.32 Å². The number of hydrogen-bond acceptors (Lipinski definition) is 6. The van der Waals surface area contributed by atoms with Gasteiger partial charge in [0.15, 0.2) is 0 Å². The normalized spacial score (nSPS) is 17.0. The molecule has 9 heteroatoms. The number of hydrogen-bond donors (Lipinski definition) is 2. The van der Waals surface area contributed by atoms with E-state index in [1.807, 2.05) is 0 Å². The standard InChI is InChI=1S/C25H19N3O6/c1-15(29)26-18-9-13-19(14-10-18)27-22(16-5-3-2-4-6-16)21(24(31)25(27)32)23(30)17-7-11-20(12-8-17)28(33)34/h2-14,22,30H,1H3,(H,26,29)/b23-21+/t22-/m0/s1. The number of carbonyl (C=O) groups excluding carboxylic acids is 3. The zero-order chi connectivity index (χ0) is 24.4. The van der Waals surface area contributed by atoms with Crippen molar-refractivity contribution in [2.24, 2.45) is 0 Å². The predicted octanol–water partition coefficient (Wildman–Crippen LogP) is 4.18. The molecule has 4 rings (SSSR count). The van der Waals surface area contributed by atoms with Crippen LogP contribution in [0.1, 0.15) is 24.1 Å². The van der Waals surface area contributed by atoms with Crippen molar-refractivity contribution in [2.75, 3.05) is 10.2 Å². The Kier molecular flexibility index (Phi) is 5.92. The molecule has 0 radical (unpaired) electrons. The van der Waals surface area contributed by atoms with Crippen molar-refractivity contribution in [3.63, 3.8) is 0 Å². The van der Waals surface area contributed by atoms with Gasteiger partial charge >= 0.3 is 0 Å². The molecule has 0 aromatic heterocycles. The Bertz CT molecular complexity index is 1320. The summed E-state index contributed by atoms with van der Waals surface area (Å²) in [7, 11) is 0. The number of aliphatic hydroxyl groups excluding tert-OH is 1. The molecule has 1 saturated heterocycles. The number of benzene rings is 3. The zero-order valence-electron chi connectivity index (χ0n) is 18.0. The minimum atomic E-state index is -0.928. The second-order valence-corrected chi connectivity index (χ2v) is 7.61. The molecule has 3 aromatic rings. The van der Waals surface area contributed by atoms with Crippen molar-refractivity contribution in [3.05, 3.63) is 106 Å². The number of nitro benzene ring substituents is 1. The van der Waals surface area contributed by atoms with Crippen molar-refractivity contribution < 1.29 is 24.4 Å². The first-order chi connectivity index (χ1) is 16.3. The van der Waals surface area contributed by atoms with E-state index in [9.17, 15) is 29.6 Å². The summed E-state index contributed by atoms with van der Waals surface area (Å²) in [5.41, 5.74) is 1.39. The fourth-order valence-corrected chi connectivity index (χ4v) is 3.85. The van der Waals surface area contributed by atoms with Crippen LogP contribution < -0.4 is 10.2 Å². The summed E-state index contributed by atoms with van der Waals surface area (Å²) in [5, 5.41) is 24.6. The van der Waals surface area contributed by atoms with Crippen LogP contribution in [0.2, 0.25) is 0 Å². The van der Waals surface area contributed by atoms with E-state index in [4.69, 9.17) is 0 Å². The fraction of sp³-hybridized carbons (Fsp3) is 0.0800. The monoisotopic (exact) mass is 457 g/mol. The fourth-order valence-electron chi connectivity index (χ4n) is 3.85. The predicted molar refractivity (Wildman–Crippen MR) is 125 cm³/mol. The zero-order valence-corrected chi connectivity index (χ0v) is 18.0. The number of Topliss-reactive ketones (excluding diaryl/α,β-unsaturated/α-hetero) is 1. The summed E-state index contributed by atoms with van der Waals surface area (Å²) in [6.07, 6.45) is 0. The van der Waals surface area contributed by atoms with Crippen molar-refractivity contribution in [3.8, 4) is 0 Å². The van der Waals surface area contributed by atoms with E-state index >= 15 is 0 Å². The molecule has 0 saturated carbocycles. The van der Waals surface area contributed by atoms with E-state index in [-0.39, 0.29) is 22.7 Å². The van der Waals surface area contributed by atoms with Crippen molar-refractivity contribution in [1.29, 1.82) is 0 Å². The number of carbonyl (C=O) groups is 3. The lowest BCUT2D eigenvalue weighted by molar-refractivity contribution is -0.384. The molecule has 2 N–H and O–H groups in total. The maximum absolute atomic E-state index is 13.1. The van der Waals surface area contributed by atoms with Gasteiger partial charge in [-0.25, -0.2) is 0 Å². The Morgan fingerprint density at radius 1 is 0.971 bits per heavy atom. The number of rotatable bonds is 5. The Labute approximate surface area is 194 Å². The Morgan fingerprint density at radius 3 is 2.15 bits per heavy atom. The molecule has 0 aliphatic carbocycles. The average molecular weight is 457 g/mol. The molecule has 1 atom stereocenters. The number of nitrogens with zero attached hydrogens (tertiary/aromatic N) is 2. The molecule has 1 aliphatic heterocycles. The molecule has 0 bridgehead atoms. The van der Waals surface area contributed by atoms with Gasteiger partial charge in [0.2, 0.25) is 5.91 Å². The first-order valence-electron chi connectivity index (χ1n) is 10.3. The number of ketones is 1. The first-order valence-corrected chi connectivity index (χ1v) is 10.3. The lowest BCUT2D eigenvalue weighted by Crippen LogP contribution is -2.29. The highest BCUT2D eigenvalue weighted by Crippen LogP contribution is 2.42. The maximum Gasteiger partial charge on any atom is 0.300 e. The summed E-state index contributed by atoms with van der Waals surface area (Å²) in [4.78, 5) is 49.2. The molecular weight excluding hydrogens is 438 g/mol. The van der Waals surface area contributed by atoms with Crippen LogP contribution in [0.5, 0.6) is 0 Å². The number of amides is 2. The topological polar surface area (TPSA) is 130 Å². The van der Waals surface area contributed by atoms with Gasteiger partial charge in [0.1, 0.15) is 5.76 Å². The van der Waals surface area contributed by atoms with Crippen LogP contribution in [0, 0.1) is 10.1 Å². The lowest BCUT2D eigenvalue weighted by Gasteiger charge is -2.25. The summed E-state index contributed by atoms with van der Waals surface area (Å²) < 4.78 is 0. The number of anilines is 2. The van der Waals surface area contributed by atoms with Crippen molar-refractivity contribution in [2.45, 2.75) is 13.0 Å². The van der Waals surface area contributed by atoms with Gasteiger partial charge in [-0.15, -0.1) is 0 Å². The number of aliphatic hydroxyl groups is 1. The number of nitrogens with one attached hydrogen (secondary N) is 1. The molecule has 1 heterocycles. The Morgan fingerprint density at radius 2 is 1.59 bits per heavy atom. The van der Waals surface area contributed by atoms with E-state index < -0.39 is 28.4 Å². The minimum absolute atomic E-state index is 0.129. The van der Waals surface area contributed by atoms with Gasteiger partial charge in [-0.1, -0.05) is 30.3 Å². The highest BCUT2D eigenvalue weighted by atomic mass is 16.6. The van der Waals surface area contributed by atoms with E-state index in [0.717, 1.165) is 0 Å². The van der Waals surface area contributed by atoms with Crippen molar-refractivity contribution in [1.82, 2.24) is 0 Å². The quantitative estimate of drug-likeness (QED) is 0.194. The van der Waals surface area contributed by atoms with Crippen LogP contribution in [0.3, 0.4) is 0 Å². The van der Waals surface area contributed by atoms with E-state index in [1.54, 1.807) is 54.6 Å². The van der Waals surface area contributed by atoms with E-state index in [1.165, 1.54) is 36.1 Å². The number of non-ortho nitro benzene ring substituents is 1. The highest BCUT2D eigenvalue weighted by Gasteiger charge is 2.46. The second-order valence-electron chi connectivity index (χ2n) is 7.61. The Hall–Kier alpha value is -4.79. The average Bonchev–Trinajstić information content (AvgIpc) is 3.10. The SMILES string of the molecule is CC(=O)Nc1ccc(N2C(=O)C(=O)/C(=C(/O)c3ccc([N+](=O)[O-])cc3)[C@@H]2c2ccccc2)cc1. The van der Waals surface area contributed by atoms with Gasteiger partial charge in [-0.2, -0.15) is 0 Å². The molecule has 34 heavy (non-hydrogen) atoms. The van der Waals surface area contributed by atoms with Crippen LogP contribution in [-0.4, -0.2) is 27.6 Å². The van der Waals surface area contributed by atoms with E-state index in [0.29, 0.717) is 16.9 Å². The summed E-state index contributed by atoms with van der Waals surface area (Å²) in [6.45, 7) is 1.38. The van der Waals surface area contributed by atoms with Gasteiger partial charge in [0.05, 0.1) is 16.5 Å². The first kappa shape index (κ1) is 22.4. The van der Waals surface area contributed by atoms with Crippen LogP contribution in [0.15, 0.2) is 84.4 Å². The molecule has 9 nitrogen and oxygen atoms in total. The number of nitro groups is 1. The largest absolute Gasteiger partial charge is 0.507 e. The smallest absolute Gasteiger partial charge is 0.300 e. The minimum Gasteiger partial charge on any atom is -0.507 e. The molecule has 2 amide bonds. The van der Waals surface area contributed by atoms with Crippen LogP contribution in [0.25, 0.3) is 5.76 Å². The third-order valence-electron chi connectivity index (χ3n) is 5.38. The maximum atomic E-state index is 13.1. The molecule has 170 valence electrons. The van der Waals surface area contributed by atoms with Crippen LogP contribution in [-0.2, 0) is 14.4 Å². The summed E-state index contributed by atoms with van der Waals surface area (Å²) in [5.74, 6) is -2.39. The molecule has 1 aliphatic rings. The molecular formula is C25H19N3O6. The Balaban J connectivity index is 1.84. The van der Waals surface area contributed by atoms with Crippen LogP contribution >= 0.6 is 0 Å². The summed E-state index contributed by atoms with van der Waals surface area (Å²) >= 11 is 0. The van der Waals surface area contributed by atoms with Gasteiger partial charge in [0.25, 0.3) is 17.4 Å². The highest BCUT2D eigenvalue weighted by molar-refractivity contribution is 6.51. The molecule has 3 aromatic carbocycles. The van der Waals surface area contributed by atoms with Gasteiger partial charge in [-0.05, 0) is 42.0 Å². The third kappa shape index (κ3) is 4.14. The third-order valence-corrected chi connectivity index (χ3v) is 5.38. The molecule has 0 unspecified atom stereocenters. The second kappa shape index (κ2) is 8.99.